The number of esters is 1. The number of nitrogens with zero attached hydrogens (tertiary/aromatic N) is 2. The Kier molecular flexibility index (Phi) is 7.49. The topological polar surface area (TPSA) is 82.4 Å². The normalized spacial score (nSPS) is 14.2. The fraction of sp³-hybridized carbons (Fsp3) is 0.818. The smallest absolute Gasteiger partial charge is 0.310 e. The summed E-state index contributed by atoms with van der Waals surface area (Å²) < 4.78 is 5.04. The molecule has 0 aliphatic heterocycles. The number of ether oxygens (including phenoxy) is 1. The Balaban J connectivity index is 3.98. The maximum atomic E-state index is 11.5. The first-order chi connectivity index (χ1) is 7.86. The summed E-state index contributed by atoms with van der Waals surface area (Å²) in [7, 11) is 0. The first-order valence-electron chi connectivity index (χ1n) is 5.64. The second-order valence-electron chi connectivity index (χ2n) is 4.61. The maximum absolute atomic E-state index is 11.5. The van der Waals surface area contributed by atoms with E-state index in [1.165, 1.54) is 0 Å². The van der Waals surface area contributed by atoms with E-state index in [1.807, 2.05) is 13.8 Å². The van der Waals surface area contributed by atoms with Gasteiger partial charge < -0.3 is 15.2 Å². The molecule has 0 saturated heterocycles. The Morgan fingerprint density at radius 1 is 1.41 bits per heavy atom. The lowest BCUT2D eigenvalue weighted by Gasteiger charge is -2.18. The number of hydrogen-bond donors (Lipinski definition) is 2. The molecule has 100 valence electrons. The Hall–Kier alpha value is -1.14. The Labute approximate surface area is 102 Å². The van der Waals surface area contributed by atoms with Crippen molar-refractivity contribution in [1.29, 1.82) is 0 Å². The second kappa shape index (κ2) is 8.03. The average molecular weight is 246 g/mol. The minimum atomic E-state index is -0.426. The predicted molar refractivity (Wildman–Crippen MR) is 63.2 cm³/mol. The highest BCUT2D eigenvalue weighted by Gasteiger charge is 2.18. The third-order valence-corrected chi connectivity index (χ3v) is 2.03. The molecule has 1 unspecified atom stereocenters. The quantitative estimate of drug-likeness (QED) is 0.307. The summed E-state index contributed by atoms with van der Waals surface area (Å²) in [4.78, 5) is 11.5. The number of hydrogen-bond acceptors (Lipinski definition) is 6. The van der Waals surface area contributed by atoms with Crippen LogP contribution in [0.5, 0.6) is 0 Å². The van der Waals surface area contributed by atoms with Crippen molar-refractivity contribution in [2.45, 2.75) is 27.7 Å². The van der Waals surface area contributed by atoms with Crippen molar-refractivity contribution in [3.05, 3.63) is 0 Å². The van der Waals surface area contributed by atoms with Gasteiger partial charge in [-0.05, 0) is 12.8 Å². The zero-order valence-corrected chi connectivity index (χ0v) is 10.9. The van der Waals surface area contributed by atoms with Crippen molar-refractivity contribution in [3.8, 4) is 0 Å². The molecule has 0 aliphatic carbocycles. The van der Waals surface area contributed by atoms with E-state index < -0.39 is 5.92 Å². The number of oxime groups is 1. The van der Waals surface area contributed by atoms with Gasteiger partial charge in [0.05, 0.1) is 24.8 Å². The van der Waals surface area contributed by atoms with E-state index in [9.17, 15) is 10.0 Å². The van der Waals surface area contributed by atoms with Crippen molar-refractivity contribution in [2.75, 3.05) is 19.7 Å². The molecule has 1 atom stereocenters. The maximum Gasteiger partial charge on any atom is 0.310 e. The van der Waals surface area contributed by atoms with Crippen LogP contribution in [-0.2, 0) is 9.53 Å². The summed E-state index contributed by atoms with van der Waals surface area (Å²) in [6, 6.07) is 0. The van der Waals surface area contributed by atoms with Crippen LogP contribution in [-0.4, -0.2) is 46.9 Å². The van der Waals surface area contributed by atoms with Gasteiger partial charge in [0.1, 0.15) is 0 Å². The fourth-order valence-corrected chi connectivity index (χ4v) is 1.14. The molecule has 0 amide bonds. The molecular formula is C11H22N2O4. The van der Waals surface area contributed by atoms with Crippen molar-refractivity contribution >= 4 is 11.7 Å². The van der Waals surface area contributed by atoms with Gasteiger partial charge in [0.15, 0.2) is 0 Å². The number of carbonyl (C=O) groups is 1. The second-order valence-corrected chi connectivity index (χ2v) is 4.61. The molecule has 0 saturated carbocycles. The summed E-state index contributed by atoms with van der Waals surface area (Å²) in [5.74, 6) is -0.471. The molecule has 0 radical (unpaired) electrons. The van der Waals surface area contributed by atoms with Crippen molar-refractivity contribution in [3.63, 3.8) is 0 Å². The molecule has 0 bridgehead atoms. The summed E-state index contributed by atoms with van der Waals surface area (Å²) in [6.07, 6.45) is 0. The third-order valence-electron chi connectivity index (χ3n) is 2.03. The SMILES string of the molecule is C/C(CN(O)CC(C)C(=O)OCC(C)C)=N\O. The Bertz CT molecular complexity index is 266. The van der Waals surface area contributed by atoms with E-state index in [-0.39, 0.29) is 19.1 Å². The van der Waals surface area contributed by atoms with E-state index >= 15 is 0 Å². The van der Waals surface area contributed by atoms with Crippen LogP contribution in [0.15, 0.2) is 5.16 Å². The lowest BCUT2D eigenvalue weighted by Crippen LogP contribution is -2.33. The van der Waals surface area contributed by atoms with Gasteiger partial charge in [-0.2, -0.15) is 5.06 Å². The van der Waals surface area contributed by atoms with Gasteiger partial charge in [0.25, 0.3) is 0 Å². The minimum Gasteiger partial charge on any atom is -0.465 e. The van der Waals surface area contributed by atoms with Gasteiger partial charge in [-0.15, -0.1) is 0 Å². The van der Waals surface area contributed by atoms with Crippen LogP contribution in [0.2, 0.25) is 0 Å². The zero-order chi connectivity index (χ0) is 13.4. The van der Waals surface area contributed by atoms with Gasteiger partial charge in [-0.3, -0.25) is 4.79 Å². The Morgan fingerprint density at radius 3 is 2.47 bits per heavy atom. The van der Waals surface area contributed by atoms with Crippen LogP contribution in [0.1, 0.15) is 27.7 Å². The monoisotopic (exact) mass is 246 g/mol. The zero-order valence-electron chi connectivity index (χ0n) is 10.9. The van der Waals surface area contributed by atoms with Crippen molar-refractivity contribution in [1.82, 2.24) is 5.06 Å². The molecule has 0 aliphatic rings. The van der Waals surface area contributed by atoms with Gasteiger partial charge in [-0.25, -0.2) is 0 Å². The van der Waals surface area contributed by atoms with Crippen LogP contribution in [0.3, 0.4) is 0 Å². The number of carbonyl (C=O) groups excluding carboxylic acids is 1. The highest BCUT2D eigenvalue weighted by molar-refractivity contribution is 5.83. The number of rotatable bonds is 7. The van der Waals surface area contributed by atoms with Gasteiger partial charge in [0.2, 0.25) is 0 Å². The molecular weight excluding hydrogens is 224 g/mol. The fourth-order valence-electron chi connectivity index (χ4n) is 1.14. The Morgan fingerprint density at radius 2 is 2.00 bits per heavy atom. The summed E-state index contributed by atoms with van der Waals surface area (Å²) in [5, 5.41) is 21.8. The van der Waals surface area contributed by atoms with Gasteiger partial charge >= 0.3 is 5.97 Å². The standard InChI is InChI=1S/C11H22N2O4/c1-8(2)7-17-11(14)9(3)5-13(16)6-10(4)12-15/h8-9,15-16H,5-7H2,1-4H3/b12-10+. The molecule has 0 aromatic carbocycles. The van der Waals surface area contributed by atoms with Crippen LogP contribution in [0, 0.1) is 11.8 Å². The van der Waals surface area contributed by atoms with E-state index in [1.54, 1.807) is 13.8 Å². The molecule has 0 aromatic heterocycles. The van der Waals surface area contributed by atoms with Crippen LogP contribution < -0.4 is 0 Å². The van der Waals surface area contributed by atoms with Crippen LogP contribution in [0.25, 0.3) is 0 Å². The van der Waals surface area contributed by atoms with E-state index in [4.69, 9.17) is 9.94 Å². The van der Waals surface area contributed by atoms with Gasteiger partial charge in [0, 0.05) is 6.54 Å². The summed E-state index contributed by atoms with van der Waals surface area (Å²) in [5.41, 5.74) is 0.371. The molecule has 0 spiro atoms. The highest BCUT2D eigenvalue weighted by Crippen LogP contribution is 2.03. The van der Waals surface area contributed by atoms with Crippen LogP contribution >= 0.6 is 0 Å². The molecule has 0 rings (SSSR count). The lowest BCUT2D eigenvalue weighted by molar-refractivity contribution is -0.155. The molecule has 17 heavy (non-hydrogen) atoms. The summed E-state index contributed by atoms with van der Waals surface area (Å²) >= 11 is 0. The van der Waals surface area contributed by atoms with Gasteiger partial charge in [-0.1, -0.05) is 25.9 Å². The molecule has 0 fully saturated rings. The van der Waals surface area contributed by atoms with E-state index in [0.29, 0.717) is 18.2 Å². The first kappa shape index (κ1) is 15.9. The van der Waals surface area contributed by atoms with Crippen molar-refractivity contribution < 1.29 is 19.9 Å². The minimum absolute atomic E-state index is 0.0955. The molecule has 6 heteroatoms. The molecule has 6 nitrogen and oxygen atoms in total. The highest BCUT2D eigenvalue weighted by atomic mass is 16.5. The first-order valence-corrected chi connectivity index (χ1v) is 5.64. The lowest BCUT2D eigenvalue weighted by atomic mass is 10.2. The third kappa shape index (κ3) is 7.70. The van der Waals surface area contributed by atoms with E-state index in [0.717, 1.165) is 5.06 Å². The molecule has 2 N–H and O–H groups in total. The molecule has 0 heterocycles. The van der Waals surface area contributed by atoms with Crippen LogP contribution in [0.4, 0.5) is 0 Å². The average Bonchev–Trinajstić information content (AvgIpc) is 2.25. The number of hydroxylamine groups is 2. The predicted octanol–water partition coefficient (Wildman–Crippen LogP) is 1.36. The van der Waals surface area contributed by atoms with Crippen molar-refractivity contribution in [2.24, 2.45) is 17.0 Å². The largest absolute Gasteiger partial charge is 0.465 e. The molecule has 0 aromatic rings. The summed E-state index contributed by atoms with van der Waals surface area (Å²) in [6.45, 7) is 7.78. The van der Waals surface area contributed by atoms with E-state index in [2.05, 4.69) is 5.16 Å².